The molecule has 2 N–H and O–H groups in total. The first-order valence-electron chi connectivity index (χ1n) is 13.5. The number of amides is 1. The second-order valence-electron chi connectivity index (χ2n) is 9.87. The normalized spacial score (nSPS) is 15.3. The van der Waals surface area contributed by atoms with Crippen LogP contribution in [0.3, 0.4) is 0 Å². The molecule has 0 bridgehead atoms. The Balaban J connectivity index is 1.52. The van der Waals surface area contributed by atoms with Crippen LogP contribution in [0.5, 0.6) is 5.75 Å². The molecule has 42 heavy (non-hydrogen) atoms. The molecule has 1 atom stereocenters. The minimum atomic E-state index is -4.48. The standard InChI is InChI=1S/C30H32F3N3O5S/c1-2-41-26-17-23(16-25(18-26)36-12-7-13-42(36,39)40)29(38)35-27(15-21-8-4-3-5-9-21)28(37)20-34-19-22-10-6-11-24(14-22)30(31,32)33/h3-6,8-11,14,16-18,27,34H,2,7,12-13,15,19-20H2,1H3,(H,35,38)/t27-/m0/s1. The highest BCUT2D eigenvalue weighted by molar-refractivity contribution is 7.93. The Morgan fingerprint density at radius 3 is 2.40 bits per heavy atom. The lowest BCUT2D eigenvalue weighted by atomic mass is 10.0. The monoisotopic (exact) mass is 603 g/mol. The van der Waals surface area contributed by atoms with Gasteiger partial charge in [0.15, 0.2) is 5.78 Å². The molecule has 8 nitrogen and oxygen atoms in total. The molecule has 1 fully saturated rings. The Kier molecular flexibility index (Phi) is 9.89. The average molecular weight is 604 g/mol. The van der Waals surface area contributed by atoms with E-state index in [0.29, 0.717) is 30.0 Å². The minimum absolute atomic E-state index is 0.00848. The van der Waals surface area contributed by atoms with E-state index in [9.17, 15) is 31.2 Å². The van der Waals surface area contributed by atoms with E-state index in [0.717, 1.165) is 17.7 Å². The summed E-state index contributed by atoms with van der Waals surface area (Å²) in [5.74, 6) is -0.644. The molecule has 224 valence electrons. The molecule has 1 aliphatic heterocycles. The maximum atomic E-state index is 13.4. The maximum absolute atomic E-state index is 13.4. The third-order valence-corrected chi connectivity index (χ3v) is 8.58. The number of halogens is 3. The second-order valence-corrected chi connectivity index (χ2v) is 11.9. The summed E-state index contributed by atoms with van der Waals surface area (Å²) in [6.07, 6.45) is -3.84. The fraction of sp³-hybridized carbons (Fsp3) is 0.333. The molecule has 0 aromatic heterocycles. The Bertz CT molecular complexity index is 1510. The van der Waals surface area contributed by atoms with Crippen LogP contribution >= 0.6 is 0 Å². The van der Waals surface area contributed by atoms with Gasteiger partial charge >= 0.3 is 6.18 Å². The Morgan fingerprint density at radius 2 is 1.74 bits per heavy atom. The number of hydrogen-bond acceptors (Lipinski definition) is 6. The number of benzene rings is 3. The largest absolute Gasteiger partial charge is 0.494 e. The van der Waals surface area contributed by atoms with Crippen LogP contribution < -0.4 is 19.7 Å². The maximum Gasteiger partial charge on any atom is 0.416 e. The van der Waals surface area contributed by atoms with Gasteiger partial charge in [-0.05, 0) is 49.1 Å². The molecule has 1 aliphatic rings. The van der Waals surface area contributed by atoms with Gasteiger partial charge in [0.2, 0.25) is 10.0 Å². The third-order valence-electron chi connectivity index (χ3n) is 6.71. The van der Waals surface area contributed by atoms with Crippen LogP contribution in [0.4, 0.5) is 18.9 Å². The second kappa shape index (κ2) is 13.4. The Hall–Kier alpha value is -3.90. The summed E-state index contributed by atoms with van der Waals surface area (Å²) in [7, 11) is -3.51. The molecule has 12 heteroatoms. The van der Waals surface area contributed by atoms with Crippen molar-refractivity contribution in [3.8, 4) is 5.75 Å². The van der Waals surface area contributed by atoms with E-state index < -0.39 is 33.7 Å². The molecule has 0 radical (unpaired) electrons. The number of Topliss-reactive ketones (excluding diaryl/α,β-unsaturated/α-hetero) is 1. The van der Waals surface area contributed by atoms with Crippen LogP contribution in [0.25, 0.3) is 0 Å². The van der Waals surface area contributed by atoms with Crippen LogP contribution in [0.1, 0.15) is 40.4 Å². The van der Waals surface area contributed by atoms with Crippen molar-refractivity contribution in [1.29, 1.82) is 0 Å². The fourth-order valence-corrected chi connectivity index (χ4v) is 6.23. The molecule has 0 aliphatic carbocycles. The van der Waals surface area contributed by atoms with Gasteiger partial charge in [-0.3, -0.25) is 13.9 Å². The molecular formula is C30H32F3N3O5S. The van der Waals surface area contributed by atoms with Gasteiger partial charge in [0.25, 0.3) is 5.91 Å². The lowest BCUT2D eigenvalue weighted by molar-refractivity contribution is -0.137. The number of sulfonamides is 1. The zero-order valence-corrected chi connectivity index (χ0v) is 23.8. The van der Waals surface area contributed by atoms with Crippen molar-refractivity contribution in [3.05, 3.63) is 95.1 Å². The van der Waals surface area contributed by atoms with Gasteiger partial charge in [0, 0.05) is 24.7 Å². The van der Waals surface area contributed by atoms with Gasteiger partial charge in [-0.1, -0.05) is 48.5 Å². The summed E-state index contributed by atoms with van der Waals surface area (Å²) in [6.45, 7) is 2.16. The lowest BCUT2D eigenvalue weighted by Crippen LogP contribution is -2.45. The number of nitrogens with one attached hydrogen (secondary N) is 2. The smallest absolute Gasteiger partial charge is 0.416 e. The fourth-order valence-electron chi connectivity index (χ4n) is 4.69. The Labute approximate surface area is 242 Å². The van der Waals surface area contributed by atoms with Gasteiger partial charge < -0.3 is 15.4 Å². The quantitative estimate of drug-likeness (QED) is 0.319. The number of carbonyl (C=O) groups is 2. The van der Waals surface area contributed by atoms with Crippen LogP contribution in [0.2, 0.25) is 0 Å². The topological polar surface area (TPSA) is 105 Å². The van der Waals surface area contributed by atoms with E-state index in [2.05, 4.69) is 10.6 Å². The minimum Gasteiger partial charge on any atom is -0.494 e. The molecule has 4 rings (SSSR count). The first-order chi connectivity index (χ1) is 20.0. The van der Waals surface area contributed by atoms with E-state index >= 15 is 0 Å². The summed E-state index contributed by atoms with van der Waals surface area (Å²) in [5.41, 5.74) is 0.801. The number of rotatable bonds is 12. The molecule has 3 aromatic carbocycles. The Morgan fingerprint density at radius 1 is 1.00 bits per heavy atom. The molecule has 0 unspecified atom stereocenters. The third kappa shape index (κ3) is 8.10. The number of ether oxygens (including phenoxy) is 1. The van der Waals surface area contributed by atoms with Crippen molar-refractivity contribution < 1.29 is 35.9 Å². The zero-order chi connectivity index (χ0) is 30.3. The van der Waals surface area contributed by atoms with Crippen molar-refractivity contribution in [1.82, 2.24) is 10.6 Å². The van der Waals surface area contributed by atoms with E-state index in [4.69, 9.17) is 4.74 Å². The summed E-state index contributed by atoms with van der Waals surface area (Å²) >= 11 is 0. The van der Waals surface area contributed by atoms with Crippen molar-refractivity contribution in [3.63, 3.8) is 0 Å². The molecular weight excluding hydrogens is 571 g/mol. The summed E-state index contributed by atoms with van der Waals surface area (Å²) in [5, 5.41) is 5.65. The lowest BCUT2D eigenvalue weighted by Gasteiger charge is -2.21. The molecule has 0 spiro atoms. The first kappa shape index (κ1) is 31.0. The average Bonchev–Trinajstić information content (AvgIpc) is 3.31. The van der Waals surface area contributed by atoms with Crippen LogP contribution in [-0.2, 0) is 34.0 Å². The van der Waals surface area contributed by atoms with E-state index in [1.807, 2.05) is 18.2 Å². The summed E-state index contributed by atoms with van der Waals surface area (Å²) < 4.78 is 71.1. The number of nitrogens with zero attached hydrogens (tertiary/aromatic N) is 1. The first-order valence-corrected chi connectivity index (χ1v) is 15.1. The van der Waals surface area contributed by atoms with Crippen LogP contribution in [0, 0.1) is 0 Å². The van der Waals surface area contributed by atoms with Crippen molar-refractivity contribution in [2.75, 3.05) is 29.8 Å². The zero-order valence-electron chi connectivity index (χ0n) is 23.0. The van der Waals surface area contributed by atoms with Crippen molar-refractivity contribution >= 4 is 27.4 Å². The van der Waals surface area contributed by atoms with Gasteiger partial charge in [-0.25, -0.2) is 8.42 Å². The SMILES string of the molecule is CCOc1cc(C(=O)N[C@@H](Cc2ccccc2)C(=O)CNCc2cccc(C(F)(F)F)c2)cc(N2CCCS2(=O)=O)c1. The van der Waals surface area contributed by atoms with Crippen LogP contribution in [-0.4, -0.2) is 51.6 Å². The molecule has 1 amide bonds. The molecule has 3 aromatic rings. The predicted molar refractivity (Wildman–Crippen MR) is 153 cm³/mol. The number of hydrogen-bond donors (Lipinski definition) is 2. The van der Waals surface area contributed by atoms with Gasteiger partial charge in [-0.15, -0.1) is 0 Å². The van der Waals surface area contributed by atoms with E-state index in [1.54, 1.807) is 25.1 Å². The molecule has 1 saturated heterocycles. The van der Waals surface area contributed by atoms with Gasteiger partial charge in [-0.2, -0.15) is 13.2 Å². The molecule has 0 saturated carbocycles. The van der Waals surface area contributed by atoms with Gasteiger partial charge in [0.1, 0.15) is 5.75 Å². The number of ketones is 1. The number of carbonyl (C=O) groups excluding carboxylic acids is 2. The van der Waals surface area contributed by atoms with E-state index in [1.165, 1.54) is 28.6 Å². The van der Waals surface area contributed by atoms with Crippen molar-refractivity contribution in [2.45, 2.75) is 38.5 Å². The highest BCUT2D eigenvalue weighted by atomic mass is 32.2. The van der Waals surface area contributed by atoms with E-state index in [-0.39, 0.29) is 43.2 Å². The highest BCUT2D eigenvalue weighted by Gasteiger charge is 2.31. The molecule has 1 heterocycles. The van der Waals surface area contributed by atoms with Gasteiger partial charge in [0.05, 0.1) is 36.2 Å². The summed E-state index contributed by atoms with van der Waals surface area (Å²) in [6, 6.07) is 17.4. The summed E-state index contributed by atoms with van der Waals surface area (Å²) in [4.78, 5) is 26.7. The van der Waals surface area contributed by atoms with Crippen LogP contribution in [0.15, 0.2) is 72.8 Å². The van der Waals surface area contributed by atoms with Crippen molar-refractivity contribution in [2.24, 2.45) is 0 Å². The predicted octanol–water partition coefficient (Wildman–Crippen LogP) is 4.34. The number of anilines is 1. The highest BCUT2D eigenvalue weighted by Crippen LogP contribution is 2.30. The number of alkyl halides is 3.